The second-order valence-electron chi connectivity index (χ2n) is 9.45. The van der Waals surface area contributed by atoms with E-state index >= 15 is 0 Å². The molecule has 0 bridgehead atoms. The van der Waals surface area contributed by atoms with E-state index in [1.807, 2.05) is 17.9 Å². The van der Waals surface area contributed by atoms with Crippen LogP contribution in [0.15, 0.2) is 18.8 Å². The predicted molar refractivity (Wildman–Crippen MR) is 135 cm³/mol. The van der Waals surface area contributed by atoms with Crippen LogP contribution in [0.2, 0.25) is 0 Å². The number of aromatic nitrogens is 5. The van der Waals surface area contributed by atoms with Gasteiger partial charge >= 0.3 is 0 Å². The van der Waals surface area contributed by atoms with Gasteiger partial charge < -0.3 is 19.5 Å². The predicted octanol–water partition coefficient (Wildman–Crippen LogP) is 4.23. The van der Waals surface area contributed by atoms with E-state index in [9.17, 15) is 0 Å². The van der Waals surface area contributed by atoms with Gasteiger partial charge in [0.1, 0.15) is 11.8 Å². The lowest BCUT2D eigenvalue weighted by Gasteiger charge is -2.23. The lowest BCUT2D eigenvalue weighted by Crippen LogP contribution is -2.29. The van der Waals surface area contributed by atoms with Crippen molar-refractivity contribution in [2.45, 2.75) is 71.0 Å². The van der Waals surface area contributed by atoms with Gasteiger partial charge in [-0.25, -0.2) is 14.3 Å². The minimum Gasteiger partial charge on any atom is -0.473 e. The third-order valence-electron chi connectivity index (χ3n) is 6.53. The summed E-state index contributed by atoms with van der Waals surface area (Å²) < 4.78 is 22.1. The van der Waals surface area contributed by atoms with Crippen molar-refractivity contribution >= 4 is 17.1 Å². The van der Waals surface area contributed by atoms with Crippen LogP contribution in [0.5, 0.6) is 5.88 Å². The van der Waals surface area contributed by atoms with Crippen molar-refractivity contribution in [1.82, 2.24) is 29.9 Å². The van der Waals surface area contributed by atoms with Gasteiger partial charge in [-0.2, -0.15) is 10.2 Å². The Bertz CT molecular complexity index is 1180. The number of likely N-dealkylation sites (N-methyl/N-ethyl adjacent to an activating group) is 1. The summed E-state index contributed by atoms with van der Waals surface area (Å²) in [5, 5.41) is 13.9. The molecule has 9 heteroatoms. The zero-order chi connectivity index (χ0) is 24.4. The topological polar surface area (TPSA) is 88.3 Å². The van der Waals surface area contributed by atoms with E-state index in [1.54, 1.807) is 10.8 Å². The number of ether oxygens (including phenoxy) is 3. The molecule has 9 nitrogen and oxygen atoms in total. The van der Waals surface area contributed by atoms with Crippen LogP contribution in [0.4, 0.5) is 0 Å². The molecule has 0 radical (unpaired) electrons. The fourth-order valence-electron chi connectivity index (χ4n) is 4.55. The van der Waals surface area contributed by atoms with E-state index in [0.29, 0.717) is 18.6 Å². The Morgan fingerprint density at radius 2 is 2.14 bits per heavy atom. The van der Waals surface area contributed by atoms with Crippen LogP contribution in [0.3, 0.4) is 0 Å². The first kappa shape index (κ1) is 24.0. The summed E-state index contributed by atoms with van der Waals surface area (Å²) in [7, 11) is 1.92. The molecular formula is C26H36N6O3. The van der Waals surface area contributed by atoms with Crippen LogP contribution in [0.1, 0.15) is 63.6 Å². The van der Waals surface area contributed by atoms with Crippen LogP contribution in [0, 0.1) is 0 Å². The fourth-order valence-corrected chi connectivity index (χ4v) is 4.55. The van der Waals surface area contributed by atoms with Gasteiger partial charge in [0, 0.05) is 37.3 Å². The second-order valence-corrected chi connectivity index (χ2v) is 9.45. The molecule has 2 fully saturated rings. The lowest BCUT2D eigenvalue weighted by atomic mass is 10.1. The quantitative estimate of drug-likeness (QED) is 0.439. The maximum Gasteiger partial charge on any atom is 0.220 e. The Hall–Kier alpha value is -2.75. The van der Waals surface area contributed by atoms with Crippen molar-refractivity contribution < 1.29 is 14.2 Å². The molecule has 0 spiro atoms. The molecule has 3 aromatic heterocycles. The minimum absolute atomic E-state index is 0.0204. The summed E-state index contributed by atoms with van der Waals surface area (Å²) in [5.74, 6) is 0.717. The highest BCUT2D eigenvalue weighted by atomic mass is 16.5. The molecule has 2 aliphatic rings. The number of nitrogens with one attached hydrogen (secondary N) is 1. The summed E-state index contributed by atoms with van der Waals surface area (Å²) in [6.45, 7) is 11.0. The fraction of sp³-hybridized carbons (Fsp3) is 0.577. The van der Waals surface area contributed by atoms with Gasteiger partial charge in [0.25, 0.3) is 0 Å². The standard InChI is InChI=1S/C26H36N6O3/c1-5-21-20-13-18(15-28-25(20)32(30-21)23-9-7-8-12-33-23)24-22(16-34-19-10-11-19)29-31(4)26(24)35-17(3)14-27-6-2/h5,13,15,17,19,23,27H,1,6-12,14,16H2,2-4H3/t17-,23?/m0/s1. The Morgan fingerprint density at radius 3 is 2.86 bits per heavy atom. The molecule has 1 unspecified atom stereocenters. The van der Waals surface area contributed by atoms with Gasteiger partial charge in [-0.3, -0.25) is 0 Å². The molecule has 188 valence electrons. The highest BCUT2D eigenvalue weighted by Crippen LogP contribution is 2.37. The number of hydrogen-bond donors (Lipinski definition) is 1. The maximum atomic E-state index is 6.40. The third kappa shape index (κ3) is 5.12. The molecule has 1 N–H and O–H groups in total. The van der Waals surface area contributed by atoms with Crippen molar-refractivity contribution in [2.75, 3.05) is 19.7 Å². The summed E-state index contributed by atoms with van der Waals surface area (Å²) in [6.07, 6.45) is 9.26. The highest BCUT2D eigenvalue weighted by Gasteiger charge is 2.27. The molecule has 4 heterocycles. The number of aryl methyl sites for hydroxylation is 1. The molecule has 0 amide bonds. The first-order chi connectivity index (χ1) is 17.1. The number of pyridine rings is 1. The van der Waals surface area contributed by atoms with Crippen molar-refractivity contribution in [1.29, 1.82) is 0 Å². The van der Waals surface area contributed by atoms with Crippen LogP contribution >= 0.6 is 0 Å². The smallest absolute Gasteiger partial charge is 0.220 e. The highest BCUT2D eigenvalue weighted by molar-refractivity contribution is 5.89. The first-order valence-electron chi connectivity index (χ1n) is 12.8. The Labute approximate surface area is 206 Å². The van der Waals surface area contributed by atoms with Crippen LogP contribution < -0.4 is 10.1 Å². The molecule has 5 rings (SSSR count). The zero-order valence-electron chi connectivity index (χ0n) is 21.0. The van der Waals surface area contributed by atoms with E-state index < -0.39 is 0 Å². The Morgan fingerprint density at radius 1 is 1.29 bits per heavy atom. The molecule has 3 aromatic rings. The summed E-state index contributed by atoms with van der Waals surface area (Å²) >= 11 is 0. The first-order valence-corrected chi connectivity index (χ1v) is 12.8. The number of hydrogen-bond acceptors (Lipinski definition) is 7. The Balaban J connectivity index is 1.55. The average molecular weight is 481 g/mol. The molecular weight excluding hydrogens is 444 g/mol. The van der Waals surface area contributed by atoms with Gasteiger partial charge in [0.15, 0.2) is 11.9 Å². The van der Waals surface area contributed by atoms with Crippen LogP contribution in [-0.2, 0) is 23.1 Å². The monoisotopic (exact) mass is 480 g/mol. The van der Waals surface area contributed by atoms with E-state index in [2.05, 4.69) is 31.8 Å². The van der Waals surface area contributed by atoms with Crippen molar-refractivity contribution in [2.24, 2.45) is 7.05 Å². The second kappa shape index (κ2) is 10.5. The van der Waals surface area contributed by atoms with Gasteiger partial charge in [0.05, 0.1) is 24.0 Å². The van der Waals surface area contributed by atoms with E-state index in [1.165, 1.54) is 0 Å². The summed E-state index contributed by atoms with van der Waals surface area (Å²) in [5.41, 5.74) is 4.30. The maximum absolute atomic E-state index is 6.40. The zero-order valence-corrected chi connectivity index (χ0v) is 21.0. The molecule has 1 saturated heterocycles. The van der Waals surface area contributed by atoms with Crippen molar-refractivity contribution in [3.8, 4) is 17.0 Å². The molecule has 35 heavy (non-hydrogen) atoms. The van der Waals surface area contributed by atoms with E-state index in [4.69, 9.17) is 29.4 Å². The summed E-state index contributed by atoms with van der Waals surface area (Å²) in [6, 6.07) is 2.12. The van der Waals surface area contributed by atoms with Gasteiger partial charge in [0.2, 0.25) is 5.88 Å². The largest absolute Gasteiger partial charge is 0.473 e. The minimum atomic E-state index is -0.0926. The molecule has 1 aliphatic carbocycles. The number of rotatable bonds is 11. The molecule has 0 aromatic carbocycles. The Kier molecular flexibility index (Phi) is 7.17. The lowest BCUT2D eigenvalue weighted by molar-refractivity contribution is -0.0370. The SMILES string of the molecule is C=Cc1nn(C2CCCCO2)c2ncc(-c3c(COC4CC4)nn(C)c3O[C@@H](C)CNCC)cc12. The van der Waals surface area contributed by atoms with Crippen LogP contribution in [-0.4, -0.2) is 56.4 Å². The average Bonchev–Trinajstić information content (AvgIpc) is 3.57. The number of fused-ring (bicyclic) bond motifs is 1. The van der Waals surface area contributed by atoms with Crippen molar-refractivity contribution in [3.63, 3.8) is 0 Å². The summed E-state index contributed by atoms with van der Waals surface area (Å²) in [4.78, 5) is 4.86. The molecule has 1 aliphatic heterocycles. The normalized spacial score (nSPS) is 19.2. The van der Waals surface area contributed by atoms with Gasteiger partial charge in [-0.1, -0.05) is 13.5 Å². The van der Waals surface area contributed by atoms with Crippen molar-refractivity contribution in [3.05, 3.63) is 30.2 Å². The number of nitrogens with zero attached hydrogens (tertiary/aromatic N) is 5. The molecule has 2 atom stereocenters. The molecule has 1 saturated carbocycles. The third-order valence-corrected chi connectivity index (χ3v) is 6.53. The van der Waals surface area contributed by atoms with E-state index in [0.717, 1.165) is 85.3 Å². The van der Waals surface area contributed by atoms with Gasteiger partial charge in [-0.15, -0.1) is 0 Å². The van der Waals surface area contributed by atoms with E-state index in [-0.39, 0.29) is 12.3 Å². The van der Waals surface area contributed by atoms with Crippen LogP contribution in [0.25, 0.3) is 28.2 Å². The van der Waals surface area contributed by atoms with Gasteiger partial charge in [-0.05, 0) is 57.7 Å².